The van der Waals surface area contributed by atoms with E-state index in [-0.39, 0.29) is 23.7 Å². The van der Waals surface area contributed by atoms with Crippen molar-refractivity contribution < 1.29 is 14.4 Å². The van der Waals surface area contributed by atoms with Crippen molar-refractivity contribution in [2.45, 2.75) is 64.8 Å². The van der Waals surface area contributed by atoms with Crippen LogP contribution < -0.4 is 10.7 Å². The van der Waals surface area contributed by atoms with Crippen LogP contribution in [0.2, 0.25) is 0 Å². The Morgan fingerprint density at radius 1 is 1.25 bits per heavy atom. The van der Waals surface area contributed by atoms with E-state index in [1.165, 1.54) is 0 Å². The summed E-state index contributed by atoms with van der Waals surface area (Å²) in [5.41, 5.74) is 1.46. The minimum Gasteiger partial charge on any atom is -0.322 e. The number of amides is 4. The molecule has 1 heterocycles. The summed E-state index contributed by atoms with van der Waals surface area (Å²) in [6.07, 6.45) is 4.51. The second-order valence-corrected chi connectivity index (χ2v) is 6.99. The highest BCUT2D eigenvalue weighted by Gasteiger charge is 2.52. The van der Waals surface area contributed by atoms with E-state index < -0.39 is 11.6 Å². The van der Waals surface area contributed by atoms with Crippen LogP contribution in [0.4, 0.5) is 4.79 Å². The molecule has 1 aliphatic heterocycles. The molecule has 2 rings (SSSR count). The Kier molecular flexibility index (Phi) is 3.75. The van der Waals surface area contributed by atoms with E-state index >= 15 is 0 Å². The predicted octanol–water partition coefficient (Wildman–Crippen LogP) is 1.71. The number of hydrogen-bond acceptors (Lipinski definition) is 3. The van der Waals surface area contributed by atoms with Crippen LogP contribution >= 0.6 is 0 Å². The molecule has 112 valence electrons. The highest BCUT2D eigenvalue weighted by atomic mass is 16.2. The Hall–Kier alpha value is -1.59. The molecule has 6 heteroatoms. The standard InChI is InChI=1S/C14H23N3O3/c1-13(2,3)9-10(18)16-17-11(19)14(15-12(17)20)7-5-4-6-8-14/h4-9H2,1-3H3,(H,15,20)(H,16,18). The van der Waals surface area contributed by atoms with Gasteiger partial charge in [0.15, 0.2) is 0 Å². The zero-order chi connectivity index (χ0) is 15.0. The van der Waals surface area contributed by atoms with Crippen LogP contribution in [-0.4, -0.2) is 28.4 Å². The fourth-order valence-electron chi connectivity index (χ4n) is 2.86. The summed E-state index contributed by atoms with van der Waals surface area (Å²) in [7, 11) is 0. The first-order chi connectivity index (χ1) is 9.23. The van der Waals surface area contributed by atoms with Crippen LogP contribution in [0, 0.1) is 5.41 Å². The van der Waals surface area contributed by atoms with Gasteiger partial charge >= 0.3 is 6.03 Å². The largest absolute Gasteiger partial charge is 0.344 e. The van der Waals surface area contributed by atoms with Gasteiger partial charge in [-0.05, 0) is 18.3 Å². The lowest BCUT2D eigenvalue weighted by molar-refractivity contribution is -0.140. The molecule has 1 spiro atoms. The molecule has 0 aromatic rings. The van der Waals surface area contributed by atoms with Crippen molar-refractivity contribution in [2.24, 2.45) is 5.41 Å². The molecule has 1 saturated carbocycles. The maximum absolute atomic E-state index is 12.4. The molecule has 0 bridgehead atoms. The SMILES string of the molecule is CC(C)(C)CC(=O)NN1C(=O)NC2(CCCCC2)C1=O. The molecule has 4 amide bonds. The lowest BCUT2D eigenvalue weighted by atomic mass is 9.82. The molecule has 0 atom stereocenters. The van der Waals surface area contributed by atoms with E-state index in [9.17, 15) is 14.4 Å². The summed E-state index contributed by atoms with van der Waals surface area (Å²) >= 11 is 0. The van der Waals surface area contributed by atoms with E-state index in [0.29, 0.717) is 12.8 Å². The van der Waals surface area contributed by atoms with E-state index in [4.69, 9.17) is 0 Å². The summed E-state index contributed by atoms with van der Waals surface area (Å²) in [4.78, 5) is 36.3. The molecule has 2 fully saturated rings. The molecular formula is C14H23N3O3. The molecule has 2 N–H and O–H groups in total. The van der Waals surface area contributed by atoms with Crippen LogP contribution in [0.25, 0.3) is 0 Å². The Labute approximate surface area is 119 Å². The number of imide groups is 1. The number of hydrogen-bond donors (Lipinski definition) is 2. The smallest absolute Gasteiger partial charge is 0.322 e. The van der Waals surface area contributed by atoms with Crippen LogP contribution in [0.3, 0.4) is 0 Å². The maximum Gasteiger partial charge on any atom is 0.344 e. The number of hydrazine groups is 1. The first-order valence-corrected chi connectivity index (χ1v) is 7.20. The number of urea groups is 1. The molecular weight excluding hydrogens is 258 g/mol. The van der Waals surface area contributed by atoms with Crippen molar-refractivity contribution in [3.8, 4) is 0 Å². The Balaban J connectivity index is 2.04. The number of carbonyl (C=O) groups excluding carboxylic acids is 3. The molecule has 0 radical (unpaired) electrons. The maximum atomic E-state index is 12.4. The van der Waals surface area contributed by atoms with E-state index in [1.807, 2.05) is 20.8 Å². The minimum absolute atomic E-state index is 0.189. The molecule has 0 aromatic heterocycles. The van der Waals surface area contributed by atoms with Gasteiger partial charge in [-0.25, -0.2) is 4.79 Å². The van der Waals surface area contributed by atoms with Gasteiger partial charge in [0.2, 0.25) is 5.91 Å². The average molecular weight is 281 g/mol. The number of nitrogens with zero attached hydrogens (tertiary/aromatic N) is 1. The third kappa shape index (κ3) is 2.94. The summed E-state index contributed by atoms with van der Waals surface area (Å²) in [6.45, 7) is 5.79. The first-order valence-electron chi connectivity index (χ1n) is 7.20. The second kappa shape index (κ2) is 5.07. The van der Waals surface area contributed by atoms with E-state index in [1.54, 1.807) is 0 Å². The van der Waals surface area contributed by atoms with Crippen molar-refractivity contribution in [3.05, 3.63) is 0 Å². The molecule has 1 aliphatic carbocycles. The van der Waals surface area contributed by atoms with Crippen molar-refractivity contribution in [1.29, 1.82) is 0 Å². The Morgan fingerprint density at radius 2 is 1.85 bits per heavy atom. The number of carbonyl (C=O) groups is 3. The molecule has 20 heavy (non-hydrogen) atoms. The van der Waals surface area contributed by atoms with Gasteiger partial charge in [0, 0.05) is 6.42 Å². The van der Waals surface area contributed by atoms with Gasteiger partial charge in [-0.2, -0.15) is 5.01 Å². The van der Waals surface area contributed by atoms with Gasteiger partial charge in [-0.3, -0.25) is 15.0 Å². The van der Waals surface area contributed by atoms with Crippen molar-refractivity contribution >= 4 is 17.8 Å². The second-order valence-electron chi connectivity index (χ2n) is 6.99. The molecule has 0 aromatic carbocycles. The lowest BCUT2D eigenvalue weighted by Gasteiger charge is -2.30. The predicted molar refractivity (Wildman–Crippen MR) is 73.4 cm³/mol. The van der Waals surface area contributed by atoms with Crippen molar-refractivity contribution in [3.63, 3.8) is 0 Å². The van der Waals surface area contributed by atoms with Gasteiger partial charge in [0.05, 0.1) is 0 Å². The molecule has 1 saturated heterocycles. The van der Waals surface area contributed by atoms with Crippen LogP contribution in [0.5, 0.6) is 0 Å². The topological polar surface area (TPSA) is 78.5 Å². The van der Waals surface area contributed by atoms with Gasteiger partial charge in [0.25, 0.3) is 5.91 Å². The Bertz CT molecular complexity index is 433. The monoisotopic (exact) mass is 281 g/mol. The minimum atomic E-state index is -0.787. The van der Waals surface area contributed by atoms with Crippen LogP contribution in [-0.2, 0) is 9.59 Å². The van der Waals surface area contributed by atoms with Crippen molar-refractivity contribution in [1.82, 2.24) is 15.8 Å². The molecule has 0 unspecified atom stereocenters. The zero-order valence-electron chi connectivity index (χ0n) is 12.4. The first kappa shape index (κ1) is 14.8. The zero-order valence-corrected chi connectivity index (χ0v) is 12.4. The van der Waals surface area contributed by atoms with Crippen LogP contribution in [0.15, 0.2) is 0 Å². The normalized spacial score (nSPS) is 22.1. The van der Waals surface area contributed by atoms with Gasteiger partial charge in [0.1, 0.15) is 5.54 Å². The van der Waals surface area contributed by atoms with E-state index in [2.05, 4.69) is 10.7 Å². The average Bonchev–Trinajstić information content (AvgIpc) is 2.53. The highest BCUT2D eigenvalue weighted by molar-refractivity contribution is 6.08. The molecule has 2 aliphatic rings. The summed E-state index contributed by atoms with van der Waals surface area (Å²) < 4.78 is 0. The molecule has 6 nitrogen and oxygen atoms in total. The van der Waals surface area contributed by atoms with E-state index in [0.717, 1.165) is 24.3 Å². The van der Waals surface area contributed by atoms with Gasteiger partial charge < -0.3 is 5.32 Å². The summed E-state index contributed by atoms with van der Waals surface area (Å²) in [5, 5.41) is 3.62. The quantitative estimate of drug-likeness (QED) is 0.756. The fourth-order valence-corrected chi connectivity index (χ4v) is 2.86. The lowest BCUT2D eigenvalue weighted by Crippen LogP contribution is -2.51. The van der Waals surface area contributed by atoms with Crippen molar-refractivity contribution in [2.75, 3.05) is 0 Å². The third-order valence-corrected chi connectivity index (χ3v) is 3.80. The number of nitrogens with one attached hydrogen (secondary N) is 2. The highest BCUT2D eigenvalue weighted by Crippen LogP contribution is 2.33. The van der Waals surface area contributed by atoms with Gasteiger partial charge in [-0.1, -0.05) is 40.0 Å². The third-order valence-electron chi connectivity index (χ3n) is 3.80. The number of rotatable bonds is 2. The fraction of sp³-hybridized carbons (Fsp3) is 0.786. The Morgan fingerprint density at radius 3 is 2.40 bits per heavy atom. The van der Waals surface area contributed by atoms with Crippen LogP contribution in [0.1, 0.15) is 59.3 Å². The van der Waals surface area contributed by atoms with Gasteiger partial charge in [-0.15, -0.1) is 0 Å². The summed E-state index contributed by atoms with van der Waals surface area (Å²) in [5.74, 6) is -0.627. The summed E-state index contributed by atoms with van der Waals surface area (Å²) in [6, 6.07) is -0.515.